The number of nitriles is 2. The molecule has 1 saturated heterocycles. The van der Waals surface area contributed by atoms with E-state index in [4.69, 9.17) is 11.0 Å². The van der Waals surface area contributed by atoms with Gasteiger partial charge >= 0.3 is 0 Å². The van der Waals surface area contributed by atoms with Gasteiger partial charge in [-0.1, -0.05) is 12.1 Å². The maximum absolute atomic E-state index is 9.63. The van der Waals surface area contributed by atoms with E-state index in [9.17, 15) is 5.26 Å². The molecule has 0 atom stereocenters. The third kappa shape index (κ3) is 2.99. The van der Waals surface area contributed by atoms with Crippen molar-refractivity contribution in [1.29, 1.82) is 10.5 Å². The van der Waals surface area contributed by atoms with Crippen LogP contribution in [0.2, 0.25) is 0 Å². The fraction of sp³-hybridized carbons (Fsp3) is 0.500. The van der Waals surface area contributed by atoms with Gasteiger partial charge in [-0.05, 0) is 63.1 Å². The van der Waals surface area contributed by atoms with Crippen molar-refractivity contribution in [2.75, 3.05) is 26.2 Å². The highest BCUT2D eigenvalue weighted by molar-refractivity contribution is 5.38. The van der Waals surface area contributed by atoms with E-state index in [-0.39, 0.29) is 0 Å². The van der Waals surface area contributed by atoms with E-state index in [0.29, 0.717) is 5.56 Å². The summed E-state index contributed by atoms with van der Waals surface area (Å²) in [6.45, 7) is 3.61. The molecular weight excluding hydrogens is 248 g/mol. The Morgan fingerprint density at radius 2 is 1.80 bits per heavy atom. The number of likely N-dealkylation sites (tertiary alicyclic amines) is 1. The standard InChI is InChI=1S/C16H20N4/c17-8-1-9-20-10-6-16(13-19,7-11-20)15-4-2-14(12-18)3-5-15/h2-5H,1,6-11,17H2. The molecular formula is C16H20N4. The lowest BCUT2D eigenvalue weighted by atomic mass is 9.74. The van der Waals surface area contributed by atoms with Crippen molar-refractivity contribution >= 4 is 0 Å². The maximum Gasteiger partial charge on any atom is 0.0991 e. The summed E-state index contributed by atoms with van der Waals surface area (Å²) in [4.78, 5) is 2.38. The Balaban J connectivity index is 2.08. The van der Waals surface area contributed by atoms with E-state index < -0.39 is 5.41 Å². The molecule has 0 amide bonds. The van der Waals surface area contributed by atoms with Crippen LogP contribution >= 0.6 is 0 Å². The van der Waals surface area contributed by atoms with E-state index in [2.05, 4.69) is 17.0 Å². The molecule has 2 rings (SSSR count). The van der Waals surface area contributed by atoms with Gasteiger partial charge in [0.15, 0.2) is 0 Å². The van der Waals surface area contributed by atoms with Crippen LogP contribution in [0.3, 0.4) is 0 Å². The first-order valence-electron chi connectivity index (χ1n) is 7.08. The van der Waals surface area contributed by atoms with Crippen molar-refractivity contribution in [3.8, 4) is 12.1 Å². The van der Waals surface area contributed by atoms with Crippen LogP contribution in [0.5, 0.6) is 0 Å². The predicted molar refractivity (Wildman–Crippen MR) is 77.8 cm³/mol. The summed E-state index contributed by atoms with van der Waals surface area (Å²) in [5.41, 5.74) is 6.82. The Morgan fingerprint density at radius 3 is 2.30 bits per heavy atom. The molecule has 1 aromatic carbocycles. The number of piperidine rings is 1. The molecule has 2 N–H and O–H groups in total. The third-order valence-electron chi connectivity index (χ3n) is 4.17. The summed E-state index contributed by atoms with van der Waals surface area (Å²) < 4.78 is 0. The normalized spacial score (nSPS) is 18.1. The van der Waals surface area contributed by atoms with Crippen molar-refractivity contribution in [1.82, 2.24) is 4.90 Å². The van der Waals surface area contributed by atoms with Gasteiger partial charge < -0.3 is 10.6 Å². The monoisotopic (exact) mass is 268 g/mol. The first kappa shape index (κ1) is 14.5. The molecule has 4 nitrogen and oxygen atoms in total. The van der Waals surface area contributed by atoms with Gasteiger partial charge in [0.05, 0.1) is 23.1 Å². The van der Waals surface area contributed by atoms with Crippen LogP contribution in [0.1, 0.15) is 30.4 Å². The molecule has 20 heavy (non-hydrogen) atoms. The number of hydrogen-bond acceptors (Lipinski definition) is 4. The van der Waals surface area contributed by atoms with Gasteiger partial charge in [0.25, 0.3) is 0 Å². The SMILES string of the molecule is N#Cc1ccc(C2(C#N)CCN(CCCN)CC2)cc1. The Bertz CT molecular complexity index is 513. The van der Waals surface area contributed by atoms with Crippen molar-refractivity contribution in [2.45, 2.75) is 24.7 Å². The number of benzene rings is 1. The topological polar surface area (TPSA) is 76.8 Å². The molecule has 0 radical (unpaired) electrons. The van der Waals surface area contributed by atoms with Crippen molar-refractivity contribution < 1.29 is 0 Å². The van der Waals surface area contributed by atoms with E-state index in [0.717, 1.165) is 51.0 Å². The highest BCUT2D eigenvalue weighted by Gasteiger charge is 2.36. The molecule has 1 fully saturated rings. The third-order valence-corrected chi connectivity index (χ3v) is 4.17. The maximum atomic E-state index is 9.63. The predicted octanol–water partition coefficient (Wildman–Crippen LogP) is 1.76. The summed E-state index contributed by atoms with van der Waals surface area (Å²) >= 11 is 0. The molecule has 1 aliphatic heterocycles. The van der Waals surface area contributed by atoms with E-state index in [1.165, 1.54) is 0 Å². The largest absolute Gasteiger partial charge is 0.330 e. The first-order chi connectivity index (χ1) is 9.74. The molecule has 0 bridgehead atoms. The van der Waals surface area contributed by atoms with Crippen molar-refractivity contribution in [2.24, 2.45) is 5.73 Å². The molecule has 104 valence electrons. The second-order valence-electron chi connectivity index (χ2n) is 5.37. The fourth-order valence-corrected chi connectivity index (χ4v) is 2.80. The number of nitrogens with zero attached hydrogens (tertiary/aromatic N) is 3. The summed E-state index contributed by atoms with van der Waals surface area (Å²) in [5, 5.41) is 18.5. The summed E-state index contributed by atoms with van der Waals surface area (Å²) in [5.74, 6) is 0. The minimum atomic E-state index is -0.396. The minimum absolute atomic E-state index is 0.396. The van der Waals surface area contributed by atoms with Crippen LogP contribution in [-0.4, -0.2) is 31.1 Å². The average molecular weight is 268 g/mol. The Hall–Kier alpha value is -1.88. The molecule has 0 spiro atoms. The van der Waals surface area contributed by atoms with Crippen LogP contribution in [0, 0.1) is 22.7 Å². The van der Waals surface area contributed by atoms with Gasteiger partial charge in [0.1, 0.15) is 0 Å². The molecule has 0 unspecified atom stereocenters. The molecule has 1 aliphatic rings. The Morgan fingerprint density at radius 1 is 1.15 bits per heavy atom. The van der Waals surface area contributed by atoms with Gasteiger partial charge in [0.2, 0.25) is 0 Å². The van der Waals surface area contributed by atoms with Gasteiger partial charge in [-0.2, -0.15) is 10.5 Å². The molecule has 4 heteroatoms. The lowest BCUT2D eigenvalue weighted by Crippen LogP contribution is -2.42. The summed E-state index contributed by atoms with van der Waals surface area (Å²) in [6.07, 6.45) is 2.70. The second kappa shape index (κ2) is 6.52. The zero-order valence-corrected chi connectivity index (χ0v) is 11.7. The van der Waals surface area contributed by atoms with Crippen LogP contribution in [0.15, 0.2) is 24.3 Å². The average Bonchev–Trinajstić information content (AvgIpc) is 2.53. The molecule has 1 aromatic rings. The van der Waals surface area contributed by atoms with E-state index in [1.54, 1.807) is 12.1 Å². The zero-order chi connectivity index (χ0) is 14.4. The van der Waals surface area contributed by atoms with Gasteiger partial charge in [-0.25, -0.2) is 0 Å². The van der Waals surface area contributed by atoms with Gasteiger partial charge in [-0.3, -0.25) is 0 Å². The Kier molecular flexibility index (Phi) is 4.74. The number of hydrogen-bond donors (Lipinski definition) is 1. The first-order valence-corrected chi connectivity index (χ1v) is 7.08. The van der Waals surface area contributed by atoms with Crippen molar-refractivity contribution in [3.63, 3.8) is 0 Å². The lowest BCUT2D eigenvalue weighted by molar-refractivity contribution is 0.185. The molecule has 0 saturated carbocycles. The van der Waals surface area contributed by atoms with Crippen molar-refractivity contribution in [3.05, 3.63) is 35.4 Å². The molecule has 0 aliphatic carbocycles. The van der Waals surface area contributed by atoms with E-state index in [1.807, 2.05) is 12.1 Å². The molecule has 0 aromatic heterocycles. The number of rotatable bonds is 4. The van der Waals surface area contributed by atoms with Crippen LogP contribution in [0.25, 0.3) is 0 Å². The van der Waals surface area contributed by atoms with Crippen LogP contribution in [0.4, 0.5) is 0 Å². The molecule has 1 heterocycles. The second-order valence-corrected chi connectivity index (χ2v) is 5.37. The summed E-state index contributed by atoms with van der Waals surface area (Å²) in [6, 6.07) is 12.1. The highest BCUT2D eigenvalue weighted by atomic mass is 15.1. The summed E-state index contributed by atoms with van der Waals surface area (Å²) in [7, 11) is 0. The van der Waals surface area contributed by atoms with Gasteiger partial charge in [-0.15, -0.1) is 0 Å². The van der Waals surface area contributed by atoms with E-state index >= 15 is 0 Å². The highest BCUT2D eigenvalue weighted by Crippen LogP contribution is 2.35. The van der Waals surface area contributed by atoms with Gasteiger partial charge in [0, 0.05) is 0 Å². The smallest absolute Gasteiger partial charge is 0.0991 e. The van der Waals surface area contributed by atoms with Crippen LogP contribution in [-0.2, 0) is 5.41 Å². The zero-order valence-electron chi connectivity index (χ0n) is 11.7. The lowest BCUT2D eigenvalue weighted by Gasteiger charge is -2.37. The quantitative estimate of drug-likeness (QED) is 0.902. The number of nitrogens with two attached hydrogens (primary N) is 1. The van der Waals surface area contributed by atoms with Crippen LogP contribution < -0.4 is 5.73 Å². The minimum Gasteiger partial charge on any atom is -0.330 e. The Labute approximate surface area is 120 Å². The fourth-order valence-electron chi connectivity index (χ4n) is 2.80.